The molecule has 0 saturated heterocycles. The highest BCUT2D eigenvalue weighted by molar-refractivity contribution is 7.89. The number of nitrogens with one attached hydrogen (secondary N) is 1. The Hall–Kier alpha value is -2.25. The summed E-state index contributed by atoms with van der Waals surface area (Å²) in [5.41, 5.74) is 1.86. The number of benzene rings is 2. The lowest BCUT2D eigenvalue weighted by molar-refractivity contribution is 0.321. The highest BCUT2D eigenvalue weighted by atomic mass is 32.2. The molecule has 6 nitrogen and oxygen atoms in total. The van der Waals surface area contributed by atoms with Crippen molar-refractivity contribution in [2.45, 2.75) is 18.7 Å². The number of ether oxygens (including phenoxy) is 3. The van der Waals surface area contributed by atoms with Gasteiger partial charge in [-0.2, -0.15) is 0 Å². The van der Waals surface area contributed by atoms with Crippen LogP contribution in [0.2, 0.25) is 0 Å². The van der Waals surface area contributed by atoms with E-state index in [1.165, 1.54) is 7.11 Å². The second kappa shape index (κ2) is 8.22. The van der Waals surface area contributed by atoms with Crippen molar-refractivity contribution in [3.8, 4) is 17.2 Å². The molecule has 2 aromatic carbocycles. The van der Waals surface area contributed by atoms with Crippen LogP contribution in [0.1, 0.15) is 11.1 Å². The fourth-order valence-electron chi connectivity index (χ4n) is 2.23. The fraction of sp³-hybridized carbons (Fsp3) is 0.333. The smallest absolute Gasteiger partial charge is 0.244 e. The summed E-state index contributed by atoms with van der Waals surface area (Å²) in [4.78, 5) is 0.127. The summed E-state index contributed by atoms with van der Waals surface area (Å²) in [6, 6.07) is 10.4. The van der Waals surface area contributed by atoms with Crippen LogP contribution in [0.15, 0.2) is 41.3 Å². The lowest BCUT2D eigenvalue weighted by atomic mass is 10.1. The Kier molecular flexibility index (Phi) is 6.27. The van der Waals surface area contributed by atoms with Crippen LogP contribution in [0, 0.1) is 13.8 Å². The van der Waals surface area contributed by atoms with Crippen LogP contribution in [0.3, 0.4) is 0 Å². The molecule has 1 N–H and O–H groups in total. The predicted molar refractivity (Wildman–Crippen MR) is 96.1 cm³/mol. The zero-order valence-electron chi connectivity index (χ0n) is 14.8. The Morgan fingerprint density at radius 1 is 0.920 bits per heavy atom. The van der Waals surface area contributed by atoms with Crippen molar-refractivity contribution in [3.63, 3.8) is 0 Å². The van der Waals surface area contributed by atoms with E-state index in [2.05, 4.69) is 4.72 Å². The molecule has 0 fully saturated rings. The molecule has 0 unspecified atom stereocenters. The number of hydrogen-bond acceptors (Lipinski definition) is 5. The average Bonchev–Trinajstić information content (AvgIpc) is 2.61. The van der Waals surface area contributed by atoms with E-state index in [1.54, 1.807) is 43.5 Å². The topological polar surface area (TPSA) is 73.9 Å². The number of hydrogen-bond donors (Lipinski definition) is 1. The van der Waals surface area contributed by atoms with Crippen molar-refractivity contribution in [3.05, 3.63) is 47.5 Å². The second-order valence-electron chi connectivity index (χ2n) is 5.51. The second-order valence-corrected chi connectivity index (χ2v) is 7.24. The lowest BCUT2D eigenvalue weighted by Crippen LogP contribution is -2.28. The fourth-order valence-corrected chi connectivity index (χ4v) is 3.47. The maximum Gasteiger partial charge on any atom is 0.244 e. The van der Waals surface area contributed by atoms with Gasteiger partial charge in [-0.1, -0.05) is 0 Å². The Balaban J connectivity index is 1.98. The van der Waals surface area contributed by atoms with Crippen molar-refractivity contribution >= 4 is 10.0 Å². The molecule has 25 heavy (non-hydrogen) atoms. The molecule has 0 atom stereocenters. The first-order valence-corrected chi connectivity index (χ1v) is 9.27. The van der Waals surface area contributed by atoms with Gasteiger partial charge in [0.1, 0.15) is 28.8 Å². The third-order valence-electron chi connectivity index (χ3n) is 3.79. The molecule has 0 aliphatic rings. The first kappa shape index (κ1) is 19.1. The third-order valence-corrected chi connectivity index (χ3v) is 5.27. The van der Waals surface area contributed by atoms with Gasteiger partial charge >= 0.3 is 0 Å². The van der Waals surface area contributed by atoms with E-state index in [4.69, 9.17) is 14.2 Å². The molecule has 0 saturated carbocycles. The van der Waals surface area contributed by atoms with E-state index in [9.17, 15) is 8.42 Å². The minimum Gasteiger partial charge on any atom is -0.497 e. The van der Waals surface area contributed by atoms with Gasteiger partial charge < -0.3 is 14.2 Å². The highest BCUT2D eigenvalue weighted by Crippen LogP contribution is 2.27. The van der Waals surface area contributed by atoms with Gasteiger partial charge in [0.05, 0.1) is 14.2 Å². The monoisotopic (exact) mass is 365 g/mol. The first-order chi connectivity index (χ1) is 11.9. The van der Waals surface area contributed by atoms with Crippen molar-refractivity contribution in [1.29, 1.82) is 0 Å². The Labute approximate surface area is 148 Å². The lowest BCUT2D eigenvalue weighted by Gasteiger charge is -2.13. The zero-order valence-corrected chi connectivity index (χ0v) is 15.6. The SMILES string of the molecule is COc1ccc(OCCNS(=O)(=O)c2cc(C)c(C)cc2OC)cc1. The van der Waals surface area contributed by atoms with Crippen molar-refractivity contribution in [2.24, 2.45) is 0 Å². The Bertz CT molecular complexity index is 816. The summed E-state index contributed by atoms with van der Waals surface area (Å²) in [6.07, 6.45) is 0. The quantitative estimate of drug-likeness (QED) is 0.728. The van der Waals surface area contributed by atoms with E-state index in [0.717, 1.165) is 16.9 Å². The minimum atomic E-state index is -3.68. The van der Waals surface area contributed by atoms with Crippen LogP contribution < -0.4 is 18.9 Å². The van der Waals surface area contributed by atoms with E-state index in [-0.39, 0.29) is 18.0 Å². The van der Waals surface area contributed by atoms with Crippen LogP contribution in [-0.2, 0) is 10.0 Å². The molecular formula is C18H23NO5S. The molecule has 136 valence electrons. The number of aryl methyl sites for hydroxylation is 2. The van der Waals surface area contributed by atoms with Gasteiger partial charge in [0.2, 0.25) is 10.0 Å². The molecular weight excluding hydrogens is 342 g/mol. The van der Waals surface area contributed by atoms with Gasteiger partial charge in [-0.3, -0.25) is 0 Å². The molecule has 0 aliphatic carbocycles. The molecule has 0 radical (unpaired) electrons. The molecule has 0 aromatic heterocycles. The zero-order chi connectivity index (χ0) is 18.4. The summed E-state index contributed by atoms with van der Waals surface area (Å²) in [5, 5.41) is 0. The highest BCUT2D eigenvalue weighted by Gasteiger charge is 2.20. The van der Waals surface area contributed by atoms with Crippen LogP contribution in [0.25, 0.3) is 0 Å². The van der Waals surface area contributed by atoms with Gasteiger partial charge in [0.15, 0.2) is 0 Å². The van der Waals surface area contributed by atoms with Gasteiger partial charge in [0.25, 0.3) is 0 Å². The van der Waals surface area contributed by atoms with E-state index in [1.807, 2.05) is 13.8 Å². The Morgan fingerprint density at radius 2 is 1.52 bits per heavy atom. The maximum absolute atomic E-state index is 12.5. The number of rotatable bonds is 8. The molecule has 0 aliphatic heterocycles. The molecule has 0 amide bonds. The average molecular weight is 365 g/mol. The van der Waals surface area contributed by atoms with Gasteiger partial charge in [-0.15, -0.1) is 0 Å². The molecule has 2 aromatic rings. The number of sulfonamides is 1. The van der Waals surface area contributed by atoms with Crippen LogP contribution >= 0.6 is 0 Å². The summed E-state index contributed by atoms with van der Waals surface area (Å²) in [6.45, 7) is 4.12. The standard InChI is InChI=1S/C18H23NO5S/c1-13-11-17(23-4)18(12-14(13)2)25(20,21)19-9-10-24-16-7-5-15(22-3)6-8-16/h5-8,11-12,19H,9-10H2,1-4H3. The van der Waals surface area contributed by atoms with Crippen LogP contribution in [-0.4, -0.2) is 35.8 Å². The predicted octanol–water partition coefficient (Wildman–Crippen LogP) is 2.68. The van der Waals surface area contributed by atoms with Crippen molar-refractivity contribution in [1.82, 2.24) is 4.72 Å². The van der Waals surface area contributed by atoms with E-state index < -0.39 is 10.0 Å². The molecule has 0 spiro atoms. The Morgan fingerprint density at radius 3 is 2.12 bits per heavy atom. The van der Waals surface area contributed by atoms with Crippen LogP contribution in [0.4, 0.5) is 0 Å². The normalized spacial score (nSPS) is 11.2. The largest absolute Gasteiger partial charge is 0.497 e. The third kappa shape index (κ3) is 4.87. The van der Waals surface area contributed by atoms with Gasteiger partial charge in [0, 0.05) is 6.54 Å². The maximum atomic E-state index is 12.5. The summed E-state index contributed by atoms with van der Waals surface area (Å²) >= 11 is 0. The molecule has 2 rings (SSSR count). The van der Waals surface area contributed by atoms with Crippen molar-refractivity contribution in [2.75, 3.05) is 27.4 Å². The summed E-state index contributed by atoms with van der Waals surface area (Å²) < 4.78 is 43.3. The van der Waals surface area contributed by atoms with Gasteiger partial charge in [-0.05, 0) is 61.4 Å². The molecule has 0 heterocycles. The first-order valence-electron chi connectivity index (χ1n) is 7.79. The van der Waals surface area contributed by atoms with E-state index in [0.29, 0.717) is 11.5 Å². The minimum absolute atomic E-state index is 0.127. The number of methoxy groups -OCH3 is 2. The van der Waals surface area contributed by atoms with Crippen molar-refractivity contribution < 1.29 is 22.6 Å². The summed E-state index contributed by atoms with van der Waals surface area (Å²) in [7, 11) is -0.639. The van der Waals surface area contributed by atoms with Gasteiger partial charge in [-0.25, -0.2) is 13.1 Å². The molecule has 7 heteroatoms. The summed E-state index contributed by atoms with van der Waals surface area (Å²) in [5.74, 6) is 1.70. The van der Waals surface area contributed by atoms with Crippen LogP contribution in [0.5, 0.6) is 17.2 Å². The van der Waals surface area contributed by atoms with E-state index >= 15 is 0 Å². The molecule has 0 bridgehead atoms.